The van der Waals surface area contributed by atoms with Gasteiger partial charge in [-0.2, -0.15) is 5.10 Å². The SMILES string of the molecule is COc1cc(/C(C)=N\Nc2ccccc2[N+](=O)[O-])ccc1OCC(=O)[O-]. The Morgan fingerprint density at radius 2 is 1.96 bits per heavy atom. The standard InChI is InChI=1S/C17H17N3O6/c1-11(18-19-13-5-3-4-6-14(13)20(23)24)12-7-8-15(16(9-12)25-2)26-10-17(21)22/h3-9,19H,10H2,1-2H3,(H,21,22)/p-1/b18-11-. The fourth-order valence-corrected chi connectivity index (χ4v) is 2.08. The molecule has 0 bridgehead atoms. The number of carbonyl (C=O) groups excluding carboxylic acids is 1. The molecule has 0 spiro atoms. The minimum absolute atomic E-state index is 0.0901. The van der Waals surface area contributed by atoms with Gasteiger partial charge < -0.3 is 19.4 Å². The van der Waals surface area contributed by atoms with E-state index in [0.29, 0.717) is 17.0 Å². The smallest absolute Gasteiger partial charge is 0.294 e. The number of anilines is 1. The molecule has 26 heavy (non-hydrogen) atoms. The van der Waals surface area contributed by atoms with E-state index < -0.39 is 17.5 Å². The van der Waals surface area contributed by atoms with Crippen LogP contribution < -0.4 is 20.0 Å². The Bertz CT molecular complexity index is 850. The van der Waals surface area contributed by atoms with Crippen LogP contribution in [0.2, 0.25) is 0 Å². The van der Waals surface area contributed by atoms with Crippen molar-refractivity contribution in [3.8, 4) is 11.5 Å². The lowest BCUT2D eigenvalue weighted by Crippen LogP contribution is -2.29. The first kappa shape index (κ1) is 18.7. The van der Waals surface area contributed by atoms with Gasteiger partial charge in [0.05, 0.1) is 23.7 Å². The number of benzene rings is 2. The Labute approximate surface area is 149 Å². The van der Waals surface area contributed by atoms with Crippen molar-refractivity contribution in [2.45, 2.75) is 6.92 Å². The van der Waals surface area contributed by atoms with Crippen molar-refractivity contribution in [2.75, 3.05) is 19.1 Å². The Kier molecular flexibility index (Phi) is 6.10. The van der Waals surface area contributed by atoms with Crippen LogP contribution in [-0.2, 0) is 4.79 Å². The van der Waals surface area contributed by atoms with Gasteiger partial charge >= 0.3 is 0 Å². The van der Waals surface area contributed by atoms with Crippen molar-refractivity contribution in [1.82, 2.24) is 0 Å². The number of nitrogens with zero attached hydrogens (tertiary/aromatic N) is 2. The highest BCUT2D eigenvalue weighted by molar-refractivity contribution is 5.99. The number of carboxylic acid groups (broad SMARTS) is 1. The number of ether oxygens (including phenoxy) is 2. The maximum atomic E-state index is 11.0. The van der Waals surface area contributed by atoms with E-state index >= 15 is 0 Å². The molecule has 9 nitrogen and oxygen atoms in total. The lowest BCUT2D eigenvalue weighted by molar-refractivity contribution is -0.384. The number of nitro benzene ring substituents is 1. The van der Waals surface area contributed by atoms with Gasteiger partial charge in [-0.3, -0.25) is 15.5 Å². The molecular weight excluding hydrogens is 342 g/mol. The van der Waals surface area contributed by atoms with E-state index in [1.165, 1.54) is 13.2 Å². The van der Waals surface area contributed by atoms with Crippen molar-refractivity contribution < 1.29 is 24.3 Å². The van der Waals surface area contributed by atoms with Crippen molar-refractivity contribution in [3.63, 3.8) is 0 Å². The van der Waals surface area contributed by atoms with Crippen LogP contribution in [0.3, 0.4) is 0 Å². The second kappa shape index (κ2) is 8.47. The van der Waals surface area contributed by atoms with E-state index in [0.717, 1.165) is 0 Å². The summed E-state index contributed by atoms with van der Waals surface area (Å²) in [6.45, 7) is 1.11. The maximum Gasteiger partial charge on any atom is 0.294 e. The molecule has 2 rings (SSSR count). The summed E-state index contributed by atoms with van der Waals surface area (Å²) < 4.78 is 10.3. The van der Waals surface area contributed by atoms with Gasteiger partial charge in [-0.1, -0.05) is 12.1 Å². The number of carboxylic acids is 1. The van der Waals surface area contributed by atoms with Gasteiger partial charge in [0.1, 0.15) is 12.3 Å². The first-order valence-corrected chi connectivity index (χ1v) is 7.47. The molecule has 0 saturated heterocycles. The monoisotopic (exact) mass is 358 g/mol. The number of rotatable bonds is 8. The predicted octanol–water partition coefficient (Wildman–Crippen LogP) is 1.57. The number of aliphatic carboxylic acids is 1. The summed E-state index contributed by atoms with van der Waals surface area (Å²) >= 11 is 0. The molecule has 0 fully saturated rings. The number of hydrogen-bond donors (Lipinski definition) is 1. The molecule has 9 heteroatoms. The Morgan fingerprint density at radius 3 is 2.62 bits per heavy atom. The normalized spacial score (nSPS) is 10.9. The molecule has 0 saturated carbocycles. The summed E-state index contributed by atoms with van der Waals surface area (Å²) in [6, 6.07) is 11.0. The molecule has 0 atom stereocenters. The quantitative estimate of drug-likeness (QED) is 0.431. The number of methoxy groups -OCH3 is 1. The summed E-state index contributed by atoms with van der Waals surface area (Å²) in [4.78, 5) is 21.0. The second-order valence-electron chi connectivity index (χ2n) is 5.11. The molecule has 0 radical (unpaired) electrons. The summed E-state index contributed by atoms with van der Waals surface area (Å²) in [7, 11) is 1.42. The summed E-state index contributed by atoms with van der Waals surface area (Å²) in [5.41, 5.74) is 4.04. The van der Waals surface area contributed by atoms with Crippen LogP contribution in [0.25, 0.3) is 0 Å². The second-order valence-corrected chi connectivity index (χ2v) is 5.11. The Hall–Kier alpha value is -3.62. The third kappa shape index (κ3) is 4.69. The van der Waals surface area contributed by atoms with Crippen molar-refractivity contribution >= 4 is 23.1 Å². The molecule has 1 N–H and O–H groups in total. The molecule has 0 heterocycles. The molecule has 0 aliphatic carbocycles. The van der Waals surface area contributed by atoms with E-state index in [1.54, 1.807) is 43.3 Å². The number of hydrazone groups is 1. The number of nitro groups is 1. The van der Waals surface area contributed by atoms with Crippen LogP contribution in [0.15, 0.2) is 47.6 Å². The zero-order valence-electron chi connectivity index (χ0n) is 14.1. The lowest BCUT2D eigenvalue weighted by Gasteiger charge is -2.12. The average molecular weight is 358 g/mol. The minimum Gasteiger partial charge on any atom is -0.546 e. The van der Waals surface area contributed by atoms with Gasteiger partial charge in [0.25, 0.3) is 5.69 Å². The van der Waals surface area contributed by atoms with E-state index in [-0.39, 0.29) is 17.1 Å². The average Bonchev–Trinajstić information content (AvgIpc) is 2.64. The molecule has 2 aromatic carbocycles. The van der Waals surface area contributed by atoms with Gasteiger partial charge in [0, 0.05) is 11.6 Å². The lowest BCUT2D eigenvalue weighted by atomic mass is 10.1. The van der Waals surface area contributed by atoms with Crippen molar-refractivity contribution in [2.24, 2.45) is 5.10 Å². The highest BCUT2D eigenvalue weighted by Crippen LogP contribution is 2.28. The summed E-state index contributed by atoms with van der Waals surface area (Å²) in [5, 5.41) is 25.6. The molecule has 2 aromatic rings. The summed E-state index contributed by atoms with van der Waals surface area (Å²) in [5.74, 6) is -0.772. The highest BCUT2D eigenvalue weighted by Gasteiger charge is 2.12. The van der Waals surface area contributed by atoms with E-state index in [9.17, 15) is 20.0 Å². The molecule has 0 aliphatic heterocycles. The van der Waals surface area contributed by atoms with Gasteiger partial charge in [0.15, 0.2) is 11.5 Å². The fourth-order valence-electron chi connectivity index (χ4n) is 2.08. The first-order valence-electron chi connectivity index (χ1n) is 7.47. The zero-order chi connectivity index (χ0) is 19.1. The molecule has 136 valence electrons. The number of hydrogen-bond acceptors (Lipinski definition) is 8. The topological polar surface area (TPSA) is 126 Å². The third-order valence-corrected chi connectivity index (χ3v) is 3.37. The molecular formula is C17H16N3O6-. The molecule has 0 amide bonds. The van der Waals surface area contributed by atoms with E-state index in [4.69, 9.17) is 9.47 Å². The molecule has 0 unspecified atom stereocenters. The molecule has 0 aliphatic rings. The fraction of sp³-hybridized carbons (Fsp3) is 0.176. The largest absolute Gasteiger partial charge is 0.546 e. The maximum absolute atomic E-state index is 11.0. The van der Waals surface area contributed by atoms with E-state index in [2.05, 4.69) is 10.5 Å². The Balaban J connectivity index is 2.21. The van der Waals surface area contributed by atoms with Crippen LogP contribution in [0.5, 0.6) is 11.5 Å². The van der Waals surface area contributed by atoms with E-state index in [1.807, 2.05) is 0 Å². The third-order valence-electron chi connectivity index (χ3n) is 3.37. The predicted molar refractivity (Wildman–Crippen MR) is 92.4 cm³/mol. The van der Waals surface area contributed by atoms with Crippen LogP contribution in [0.4, 0.5) is 11.4 Å². The van der Waals surface area contributed by atoms with Crippen LogP contribution in [0.1, 0.15) is 12.5 Å². The zero-order valence-corrected chi connectivity index (χ0v) is 14.1. The van der Waals surface area contributed by atoms with Gasteiger partial charge in [0.2, 0.25) is 0 Å². The summed E-state index contributed by atoms with van der Waals surface area (Å²) in [6.07, 6.45) is 0. The highest BCUT2D eigenvalue weighted by atomic mass is 16.6. The van der Waals surface area contributed by atoms with Gasteiger partial charge in [-0.15, -0.1) is 0 Å². The first-order chi connectivity index (χ1) is 12.4. The number of para-hydroxylation sites is 2. The van der Waals surface area contributed by atoms with Crippen LogP contribution >= 0.6 is 0 Å². The van der Waals surface area contributed by atoms with Crippen LogP contribution in [-0.4, -0.2) is 30.3 Å². The van der Waals surface area contributed by atoms with Crippen molar-refractivity contribution in [1.29, 1.82) is 0 Å². The molecule has 0 aromatic heterocycles. The number of nitrogens with one attached hydrogen (secondary N) is 1. The van der Waals surface area contributed by atoms with Gasteiger partial charge in [-0.25, -0.2) is 0 Å². The van der Waals surface area contributed by atoms with Crippen molar-refractivity contribution in [3.05, 3.63) is 58.1 Å². The van der Waals surface area contributed by atoms with Crippen LogP contribution in [0, 0.1) is 10.1 Å². The Morgan fingerprint density at radius 1 is 1.23 bits per heavy atom. The minimum atomic E-state index is -1.34. The number of carbonyl (C=O) groups is 1. The van der Waals surface area contributed by atoms with Gasteiger partial charge in [-0.05, 0) is 31.2 Å².